The molecule has 0 aliphatic heterocycles. The molecule has 0 radical (unpaired) electrons. The molecule has 0 bridgehead atoms. The first-order chi connectivity index (χ1) is 8.66. The summed E-state index contributed by atoms with van der Waals surface area (Å²) in [6.07, 6.45) is 0.895. The van der Waals surface area contributed by atoms with Crippen LogP contribution >= 0.6 is 0 Å². The Morgan fingerprint density at radius 3 is 2.44 bits per heavy atom. The molecule has 3 heteroatoms. The molecule has 0 saturated heterocycles. The molecule has 2 rings (SSSR count). The number of ether oxygens (including phenoxy) is 1. The van der Waals surface area contributed by atoms with E-state index in [1.54, 1.807) is 6.07 Å². The molecule has 2 aromatic carbocycles. The van der Waals surface area contributed by atoms with E-state index in [1.807, 2.05) is 37.3 Å². The van der Waals surface area contributed by atoms with Gasteiger partial charge in [0.2, 0.25) is 0 Å². The van der Waals surface area contributed by atoms with Crippen molar-refractivity contribution in [1.29, 1.82) is 0 Å². The van der Waals surface area contributed by atoms with Gasteiger partial charge in [-0.25, -0.2) is 0 Å². The summed E-state index contributed by atoms with van der Waals surface area (Å²) in [4.78, 5) is 0. The van der Waals surface area contributed by atoms with Gasteiger partial charge in [-0.05, 0) is 24.6 Å². The van der Waals surface area contributed by atoms with Crippen LogP contribution in [0.3, 0.4) is 0 Å². The minimum Gasteiger partial charge on any atom is -0.488 e. The highest BCUT2D eigenvalue weighted by Gasteiger charge is 2.09. The molecule has 3 nitrogen and oxygen atoms in total. The van der Waals surface area contributed by atoms with E-state index in [0.717, 1.165) is 6.42 Å². The third-order valence-corrected chi connectivity index (χ3v) is 2.79. The molecule has 4 N–H and O–H groups in total. The van der Waals surface area contributed by atoms with E-state index in [-0.39, 0.29) is 6.10 Å². The number of nitrogens with two attached hydrogens (primary N) is 2. The third-order valence-electron chi connectivity index (χ3n) is 2.79. The number of nitrogen functional groups attached to an aromatic ring is 2. The number of benzene rings is 2. The maximum absolute atomic E-state index is 5.87. The Bertz CT molecular complexity index is 511. The summed E-state index contributed by atoms with van der Waals surface area (Å²) in [6, 6.07) is 15.7. The van der Waals surface area contributed by atoms with Crippen LogP contribution in [-0.2, 0) is 6.42 Å². The average Bonchev–Trinajstić information content (AvgIpc) is 2.36. The molecule has 94 valence electrons. The summed E-state index contributed by atoms with van der Waals surface area (Å²) in [5, 5.41) is 0. The van der Waals surface area contributed by atoms with Gasteiger partial charge in [0, 0.05) is 6.42 Å². The summed E-state index contributed by atoms with van der Waals surface area (Å²) in [7, 11) is 0. The lowest BCUT2D eigenvalue weighted by Gasteiger charge is -2.17. The van der Waals surface area contributed by atoms with Crippen molar-refractivity contribution in [3.63, 3.8) is 0 Å². The summed E-state index contributed by atoms with van der Waals surface area (Å²) in [6.45, 7) is 2.02. The molecule has 1 unspecified atom stereocenters. The molecule has 18 heavy (non-hydrogen) atoms. The van der Waals surface area contributed by atoms with E-state index in [0.29, 0.717) is 17.1 Å². The Labute approximate surface area is 107 Å². The molecule has 1 atom stereocenters. The molecule has 0 amide bonds. The zero-order valence-corrected chi connectivity index (χ0v) is 10.5. The van der Waals surface area contributed by atoms with Crippen LogP contribution in [0.25, 0.3) is 0 Å². The fourth-order valence-electron chi connectivity index (χ4n) is 1.87. The third kappa shape index (κ3) is 2.94. The molecule has 0 saturated carbocycles. The topological polar surface area (TPSA) is 61.3 Å². The number of rotatable bonds is 4. The zero-order chi connectivity index (χ0) is 13.0. The van der Waals surface area contributed by atoms with Gasteiger partial charge >= 0.3 is 0 Å². The molecule has 0 aliphatic rings. The second-order valence-electron chi connectivity index (χ2n) is 4.38. The highest BCUT2D eigenvalue weighted by molar-refractivity contribution is 5.70. The summed E-state index contributed by atoms with van der Waals surface area (Å²) >= 11 is 0. The van der Waals surface area contributed by atoms with Gasteiger partial charge < -0.3 is 16.2 Å². The standard InChI is InChI=1S/C15H18N2O/c1-11(10-12-6-3-2-4-7-12)18-14-9-5-8-13(16)15(14)17/h2-9,11H,10,16-17H2,1H3. The summed E-state index contributed by atoms with van der Waals surface area (Å²) in [5.74, 6) is 0.651. The van der Waals surface area contributed by atoms with Crippen molar-refractivity contribution in [3.8, 4) is 5.75 Å². The van der Waals surface area contributed by atoms with Crippen molar-refractivity contribution in [3.05, 3.63) is 54.1 Å². The van der Waals surface area contributed by atoms with E-state index in [4.69, 9.17) is 16.2 Å². The molecule has 0 heterocycles. The number of hydrogen-bond acceptors (Lipinski definition) is 3. The van der Waals surface area contributed by atoms with Gasteiger partial charge in [-0.1, -0.05) is 36.4 Å². The van der Waals surface area contributed by atoms with Gasteiger partial charge in [-0.15, -0.1) is 0 Å². The first kappa shape index (κ1) is 12.3. The van der Waals surface area contributed by atoms with Gasteiger partial charge in [-0.2, -0.15) is 0 Å². The average molecular weight is 242 g/mol. The van der Waals surface area contributed by atoms with Crippen molar-refractivity contribution < 1.29 is 4.74 Å². The Hall–Kier alpha value is -2.16. The number of para-hydroxylation sites is 1. The van der Waals surface area contributed by atoms with Gasteiger partial charge in [0.1, 0.15) is 11.9 Å². The Morgan fingerprint density at radius 2 is 1.72 bits per heavy atom. The van der Waals surface area contributed by atoms with E-state index >= 15 is 0 Å². The van der Waals surface area contributed by atoms with Crippen LogP contribution in [0.15, 0.2) is 48.5 Å². The highest BCUT2D eigenvalue weighted by atomic mass is 16.5. The van der Waals surface area contributed by atoms with Crippen molar-refractivity contribution in [1.82, 2.24) is 0 Å². The van der Waals surface area contributed by atoms with Gasteiger partial charge in [0.15, 0.2) is 0 Å². The van der Waals surface area contributed by atoms with Crippen LogP contribution in [0.4, 0.5) is 11.4 Å². The largest absolute Gasteiger partial charge is 0.488 e. The number of anilines is 2. The van der Waals surface area contributed by atoms with Crippen molar-refractivity contribution in [2.45, 2.75) is 19.4 Å². The lowest BCUT2D eigenvalue weighted by atomic mass is 10.1. The first-order valence-corrected chi connectivity index (χ1v) is 6.01. The molecule has 0 aromatic heterocycles. The van der Waals surface area contributed by atoms with Gasteiger partial charge in [-0.3, -0.25) is 0 Å². The zero-order valence-electron chi connectivity index (χ0n) is 10.5. The lowest BCUT2D eigenvalue weighted by Crippen LogP contribution is -2.16. The SMILES string of the molecule is CC(Cc1ccccc1)Oc1cccc(N)c1N. The predicted molar refractivity (Wildman–Crippen MR) is 75.5 cm³/mol. The minimum absolute atomic E-state index is 0.0523. The van der Waals surface area contributed by atoms with E-state index in [1.165, 1.54) is 5.56 Å². The predicted octanol–water partition coefficient (Wildman–Crippen LogP) is 2.86. The van der Waals surface area contributed by atoms with Crippen LogP contribution in [0, 0.1) is 0 Å². The van der Waals surface area contributed by atoms with Gasteiger partial charge in [0.25, 0.3) is 0 Å². The lowest BCUT2D eigenvalue weighted by molar-refractivity contribution is 0.223. The van der Waals surface area contributed by atoms with Crippen molar-refractivity contribution in [2.75, 3.05) is 11.5 Å². The molecular formula is C15H18N2O. The fraction of sp³-hybridized carbons (Fsp3) is 0.200. The maximum atomic E-state index is 5.87. The molecule has 2 aromatic rings. The van der Waals surface area contributed by atoms with Crippen LogP contribution in [-0.4, -0.2) is 6.10 Å². The second kappa shape index (κ2) is 5.45. The molecule has 0 aliphatic carbocycles. The Kier molecular flexibility index (Phi) is 3.72. The Balaban J connectivity index is 2.03. The molecule has 0 fully saturated rings. The minimum atomic E-state index is 0.0523. The second-order valence-corrected chi connectivity index (χ2v) is 4.38. The van der Waals surface area contributed by atoms with Crippen molar-refractivity contribution >= 4 is 11.4 Å². The monoisotopic (exact) mass is 242 g/mol. The van der Waals surface area contributed by atoms with Gasteiger partial charge in [0.05, 0.1) is 11.4 Å². The van der Waals surface area contributed by atoms with Crippen LogP contribution in [0.2, 0.25) is 0 Å². The van der Waals surface area contributed by atoms with E-state index in [2.05, 4.69) is 12.1 Å². The molecule has 0 spiro atoms. The summed E-state index contributed by atoms with van der Waals surface area (Å²) in [5.41, 5.74) is 13.9. The van der Waals surface area contributed by atoms with Crippen LogP contribution < -0.4 is 16.2 Å². The van der Waals surface area contributed by atoms with Crippen molar-refractivity contribution in [2.24, 2.45) is 0 Å². The smallest absolute Gasteiger partial charge is 0.144 e. The normalized spacial score (nSPS) is 12.1. The first-order valence-electron chi connectivity index (χ1n) is 6.01. The number of hydrogen-bond donors (Lipinski definition) is 2. The quantitative estimate of drug-likeness (QED) is 0.810. The summed E-state index contributed by atoms with van der Waals surface area (Å²) < 4.78 is 5.82. The Morgan fingerprint density at radius 1 is 1.00 bits per heavy atom. The van der Waals surface area contributed by atoms with E-state index in [9.17, 15) is 0 Å². The van der Waals surface area contributed by atoms with Crippen LogP contribution in [0.1, 0.15) is 12.5 Å². The highest BCUT2D eigenvalue weighted by Crippen LogP contribution is 2.28. The maximum Gasteiger partial charge on any atom is 0.144 e. The fourth-order valence-corrected chi connectivity index (χ4v) is 1.87. The van der Waals surface area contributed by atoms with Crippen LogP contribution in [0.5, 0.6) is 5.75 Å². The van der Waals surface area contributed by atoms with E-state index < -0.39 is 0 Å². The molecular weight excluding hydrogens is 224 g/mol.